The summed E-state index contributed by atoms with van der Waals surface area (Å²) in [7, 11) is 0. The zero-order valence-electron chi connectivity index (χ0n) is 12.6. The lowest BCUT2D eigenvalue weighted by atomic mass is 10.2. The second kappa shape index (κ2) is 8.85. The third kappa shape index (κ3) is 5.74. The average molecular weight is 403 g/mol. The molecule has 0 spiro atoms. The van der Waals surface area contributed by atoms with Crippen LogP contribution in [0.15, 0.2) is 42.5 Å². The third-order valence-corrected chi connectivity index (χ3v) is 3.83. The molecular formula is C17H11Cl3FNO3. The molecule has 0 fully saturated rings. The van der Waals surface area contributed by atoms with Gasteiger partial charge < -0.3 is 10.1 Å². The Morgan fingerprint density at radius 3 is 2.60 bits per heavy atom. The molecule has 2 aromatic rings. The zero-order valence-corrected chi connectivity index (χ0v) is 14.8. The van der Waals surface area contributed by atoms with Gasteiger partial charge in [-0.3, -0.25) is 4.79 Å². The highest BCUT2D eigenvalue weighted by atomic mass is 35.5. The van der Waals surface area contributed by atoms with Crippen LogP contribution >= 0.6 is 34.8 Å². The second-order valence-corrected chi connectivity index (χ2v) is 6.00. The zero-order chi connectivity index (χ0) is 18.4. The van der Waals surface area contributed by atoms with Crippen LogP contribution in [0.5, 0.6) is 0 Å². The summed E-state index contributed by atoms with van der Waals surface area (Å²) in [6, 6.07) is 8.68. The highest BCUT2D eigenvalue weighted by molar-refractivity contribution is 6.35. The van der Waals surface area contributed by atoms with Gasteiger partial charge in [-0.05, 0) is 36.4 Å². The molecule has 0 aliphatic rings. The number of nitrogens with one attached hydrogen (secondary N) is 1. The number of anilines is 1. The molecule has 0 bridgehead atoms. The number of rotatable bonds is 5. The van der Waals surface area contributed by atoms with Gasteiger partial charge in [0.15, 0.2) is 6.61 Å². The van der Waals surface area contributed by atoms with E-state index in [0.29, 0.717) is 10.7 Å². The minimum absolute atomic E-state index is 0.0521. The Morgan fingerprint density at radius 1 is 1.12 bits per heavy atom. The molecular weight excluding hydrogens is 392 g/mol. The summed E-state index contributed by atoms with van der Waals surface area (Å²) in [6.07, 6.45) is 2.15. The van der Waals surface area contributed by atoms with Crippen LogP contribution in [0.3, 0.4) is 0 Å². The quantitative estimate of drug-likeness (QED) is 0.567. The first-order valence-electron chi connectivity index (χ1n) is 6.90. The Labute approximate surface area is 158 Å². The molecule has 8 heteroatoms. The fourth-order valence-electron chi connectivity index (χ4n) is 1.79. The Hall–Kier alpha value is -2.08. The van der Waals surface area contributed by atoms with E-state index in [1.165, 1.54) is 36.4 Å². The van der Waals surface area contributed by atoms with E-state index >= 15 is 0 Å². The Kier molecular flexibility index (Phi) is 6.82. The predicted molar refractivity (Wildman–Crippen MR) is 96.5 cm³/mol. The molecule has 1 N–H and O–H groups in total. The molecule has 0 aromatic heterocycles. The number of carbonyl (C=O) groups is 2. The van der Waals surface area contributed by atoms with Gasteiger partial charge in [0.2, 0.25) is 0 Å². The van der Waals surface area contributed by atoms with E-state index in [0.717, 1.165) is 6.08 Å². The van der Waals surface area contributed by atoms with Gasteiger partial charge in [-0.15, -0.1) is 0 Å². The van der Waals surface area contributed by atoms with E-state index in [-0.39, 0.29) is 15.6 Å². The fraction of sp³-hybridized carbons (Fsp3) is 0.0588. The minimum atomic E-state index is -0.827. The number of hydrogen-bond acceptors (Lipinski definition) is 3. The van der Waals surface area contributed by atoms with E-state index in [9.17, 15) is 14.0 Å². The molecule has 0 saturated carbocycles. The van der Waals surface area contributed by atoms with Crippen molar-refractivity contribution in [3.63, 3.8) is 0 Å². The standard InChI is InChI=1S/C17H11Cl3FNO3/c18-10-4-6-13(20)15(8-10)22-16(23)9-25-17(24)7-5-11-12(19)2-1-3-14(11)21/h1-8H,9H2,(H,22,23)/b7-5+. The molecule has 1 amide bonds. The van der Waals surface area contributed by atoms with Crippen LogP contribution in [-0.2, 0) is 14.3 Å². The molecule has 0 aliphatic carbocycles. The van der Waals surface area contributed by atoms with Crippen molar-refractivity contribution >= 4 is 58.4 Å². The molecule has 0 saturated heterocycles. The molecule has 2 rings (SSSR count). The van der Waals surface area contributed by atoms with Gasteiger partial charge in [-0.25, -0.2) is 9.18 Å². The molecule has 2 aromatic carbocycles. The number of benzene rings is 2. The van der Waals surface area contributed by atoms with E-state index < -0.39 is 24.3 Å². The molecule has 25 heavy (non-hydrogen) atoms. The number of halogens is 4. The lowest BCUT2D eigenvalue weighted by Gasteiger charge is -2.07. The molecule has 4 nitrogen and oxygen atoms in total. The summed E-state index contributed by atoms with van der Waals surface area (Å²) in [4.78, 5) is 23.4. The summed E-state index contributed by atoms with van der Waals surface area (Å²) in [6.45, 7) is -0.545. The Balaban J connectivity index is 1.90. The van der Waals surface area contributed by atoms with Crippen molar-refractivity contribution in [1.82, 2.24) is 0 Å². The average Bonchev–Trinajstić information content (AvgIpc) is 2.56. The first-order valence-corrected chi connectivity index (χ1v) is 8.04. The Morgan fingerprint density at radius 2 is 1.88 bits per heavy atom. The van der Waals surface area contributed by atoms with Crippen molar-refractivity contribution in [2.24, 2.45) is 0 Å². The topological polar surface area (TPSA) is 55.4 Å². The molecule has 0 unspecified atom stereocenters. The smallest absolute Gasteiger partial charge is 0.331 e. The third-order valence-electron chi connectivity index (χ3n) is 2.93. The van der Waals surface area contributed by atoms with Gasteiger partial charge in [-0.2, -0.15) is 0 Å². The van der Waals surface area contributed by atoms with Crippen LogP contribution < -0.4 is 5.32 Å². The first-order chi connectivity index (χ1) is 11.9. The van der Waals surface area contributed by atoms with Gasteiger partial charge in [0.1, 0.15) is 5.82 Å². The van der Waals surface area contributed by atoms with E-state index in [1.54, 1.807) is 6.07 Å². The van der Waals surface area contributed by atoms with Crippen LogP contribution in [0.25, 0.3) is 6.08 Å². The van der Waals surface area contributed by atoms with Crippen LogP contribution in [0.4, 0.5) is 10.1 Å². The van der Waals surface area contributed by atoms with Crippen molar-refractivity contribution in [3.8, 4) is 0 Å². The highest BCUT2D eigenvalue weighted by Gasteiger charge is 2.09. The van der Waals surface area contributed by atoms with Crippen molar-refractivity contribution in [2.45, 2.75) is 0 Å². The number of esters is 1. The number of carbonyl (C=O) groups excluding carboxylic acids is 2. The summed E-state index contributed by atoms with van der Waals surface area (Å²) in [5.41, 5.74) is 0.347. The SMILES string of the molecule is O=C(COC(=O)/C=C/c1c(F)cccc1Cl)Nc1cc(Cl)ccc1Cl. The normalized spacial score (nSPS) is 10.7. The monoisotopic (exact) mass is 401 g/mol. The van der Waals surface area contributed by atoms with Crippen LogP contribution in [0.1, 0.15) is 5.56 Å². The fourth-order valence-corrected chi connectivity index (χ4v) is 2.35. The van der Waals surface area contributed by atoms with E-state index in [4.69, 9.17) is 39.5 Å². The summed E-state index contributed by atoms with van der Waals surface area (Å²) in [5, 5.41) is 3.29. The predicted octanol–water partition coefficient (Wildman–Crippen LogP) is 4.98. The maximum Gasteiger partial charge on any atom is 0.331 e. The summed E-state index contributed by atoms with van der Waals surface area (Å²) in [5.74, 6) is -2.01. The summed E-state index contributed by atoms with van der Waals surface area (Å²) >= 11 is 17.5. The molecule has 0 radical (unpaired) electrons. The van der Waals surface area contributed by atoms with Gasteiger partial charge in [0.05, 0.1) is 15.7 Å². The largest absolute Gasteiger partial charge is 0.452 e. The van der Waals surface area contributed by atoms with Gasteiger partial charge in [0.25, 0.3) is 5.91 Å². The maximum absolute atomic E-state index is 13.6. The number of ether oxygens (including phenoxy) is 1. The molecule has 130 valence electrons. The Bertz CT molecular complexity index is 820. The summed E-state index contributed by atoms with van der Waals surface area (Å²) < 4.78 is 18.3. The van der Waals surface area contributed by atoms with Crippen LogP contribution in [-0.4, -0.2) is 18.5 Å². The maximum atomic E-state index is 13.6. The van der Waals surface area contributed by atoms with Gasteiger partial charge in [0, 0.05) is 16.7 Å². The highest BCUT2D eigenvalue weighted by Crippen LogP contribution is 2.25. The van der Waals surface area contributed by atoms with E-state index in [2.05, 4.69) is 5.32 Å². The van der Waals surface area contributed by atoms with Crippen molar-refractivity contribution in [1.29, 1.82) is 0 Å². The molecule has 0 heterocycles. The lowest BCUT2D eigenvalue weighted by Crippen LogP contribution is -2.20. The van der Waals surface area contributed by atoms with Crippen LogP contribution in [0.2, 0.25) is 15.1 Å². The molecule has 0 atom stereocenters. The first kappa shape index (κ1) is 19.2. The minimum Gasteiger partial charge on any atom is -0.452 e. The number of amides is 1. The second-order valence-electron chi connectivity index (χ2n) is 4.75. The van der Waals surface area contributed by atoms with Crippen molar-refractivity contribution < 1.29 is 18.7 Å². The van der Waals surface area contributed by atoms with Crippen molar-refractivity contribution in [2.75, 3.05) is 11.9 Å². The van der Waals surface area contributed by atoms with Crippen molar-refractivity contribution in [3.05, 3.63) is 68.9 Å². The van der Waals surface area contributed by atoms with Gasteiger partial charge in [-0.1, -0.05) is 40.9 Å². The van der Waals surface area contributed by atoms with Gasteiger partial charge >= 0.3 is 5.97 Å². The lowest BCUT2D eigenvalue weighted by molar-refractivity contribution is -0.142. The molecule has 0 aliphatic heterocycles. The number of hydrogen-bond donors (Lipinski definition) is 1. The van der Waals surface area contributed by atoms with E-state index in [1.807, 2.05) is 0 Å². The van der Waals surface area contributed by atoms with Crippen LogP contribution in [0, 0.1) is 5.82 Å².